The monoisotopic (exact) mass is 437 g/mol. The molecule has 2 aromatic rings. The molecule has 0 aliphatic carbocycles. The average molecular weight is 438 g/mol. The predicted molar refractivity (Wildman–Crippen MR) is 125 cm³/mol. The van der Waals surface area contributed by atoms with Crippen LogP contribution >= 0.6 is 0 Å². The molecule has 1 aliphatic rings. The van der Waals surface area contributed by atoms with E-state index in [1.54, 1.807) is 29.2 Å². The van der Waals surface area contributed by atoms with Crippen molar-refractivity contribution in [1.29, 1.82) is 0 Å². The van der Waals surface area contributed by atoms with Gasteiger partial charge in [0.05, 0.1) is 30.4 Å². The molecule has 1 unspecified atom stereocenters. The van der Waals surface area contributed by atoms with Crippen molar-refractivity contribution < 1.29 is 14.4 Å². The van der Waals surface area contributed by atoms with E-state index in [4.69, 9.17) is 0 Å². The van der Waals surface area contributed by atoms with Crippen molar-refractivity contribution >= 4 is 29.1 Å². The van der Waals surface area contributed by atoms with Gasteiger partial charge in [-0.05, 0) is 38.7 Å². The van der Waals surface area contributed by atoms with Crippen LogP contribution < -0.4 is 16.0 Å². The molecule has 2 aromatic carbocycles. The number of likely N-dealkylation sites (N-methyl/N-ethyl adjacent to an activating group) is 1. The van der Waals surface area contributed by atoms with Gasteiger partial charge in [-0.2, -0.15) is 0 Å². The van der Waals surface area contributed by atoms with E-state index in [0.717, 1.165) is 5.56 Å². The standard InChI is InChI=1S/C24H31N5O3/c1-17-8-10-18(11-9-17)15-29-13-12-25-24(32)21(29)14-22(30)26-19-6-4-5-7-20(19)27-23(31)16-28(2)3/h4-11,21H,12-16H2,1-3H3,(H,25,32)(H,26,30)(H,27,31). The summed E-state index contributed by atoms with van der Waals surface area (Å²) in [5, 5.41) is 8.54. The minimum absolute atomic E-state index is 0.0255. The number of para-hydroxylation sites is 2. The number of piperazine rings is 1. The van der Waals surface area contributed by atoms with Crippen molar-refractivity contribution in [2.24, 2.45) is 0 Å². The van der Waals surface area contributed by atoms with Gasteiger partial charge in [0, 0.05) is 19.6 Å². The number of nitrogens with zero attached hydrogens (tertiary/aromatic N) is 2. The van der Waals surface area contributed by atoms with Gasteiger partial charge in [-0.25, -0.2) is 0 Å². The van der Waals surface area contributed by atoms with Crippen molar-refractivity contribution in [2.45, 2.75) is 25.9 Å². The summed E-state index contributed by atoms with van der Waals surface area (Å²) in [6.45, 7) is 4.10. The van der Waals surface area contributed by atoms with Crippen molar-refractivity contribution in [3.05, 3.63) is 59.7 Å². The minimum Gasteiger partial charge on any atom is -0.353 e. The summed E-state index contributed by atoms with van der Waals surface area (Å²) < 4.78 is 0. The molecule has 8 heteroatoms. The molecule has 0 saturated carbocycles. The molecule has 3 rings (SSSR count). The highest BCUT2D eigenvalue weighted by molar-refractivity contribution is 6.01. The first-order valence-electron chi connectivity index (χ1n) is 10.7. The fourth-order valence-corrected chi connectivity index (χ4v) is 3.66. The van der Waals surface area contributed by atoms with E-state index in [-0.39, 0.29) is 30.7 Å². The third-order valence-corrected chi connectivity index (χ3v) is 5.26. The molecule has 1 atom stereocenters. The molecule has 1 heterocycles. The highest BCUT2D eigenvalue weighted by Gasteiger charge is 2.31. The summed E-state index contributed by atoms with van der Waals surface area (Å²) in [5.74, 6) is -0.603. The molecule has 1 saturated heterocycles. The Bertz CT molecular complexity index is 958. The molecule has 0 aromatic heterocycles. The normalized spacial score (nSPS) is 16.5. The van der Waals surface area contributed by atoms with Crippen LogP contribution in [0.5, 0.6) is 0 Å². The second-order valence-corrected chi connectivity index (χ2v) is 8.35. The van der Waals surface area contributed by atoms with Crippen LogP contribution in [0.3, 0.4) is 0 Å². The predicted octanol–water partition coefficient (Wildman–Crippen LogP) is 1.82. The number of rotatable bonds is 8. The lowest BCUT2D eigenvalue weighted by molar-refractivity contribution is -0.132. The largest absolute Gasteiger partial charge is 0.353 e. The van der Waals surface area contributed by atoms with E-state index in [1.807, 2.05) is 50.2 Å². The number of aryl methyl sites for hydroxylation is 1. The highest BCUT2D eigenvalue weighted by Crippen LogP contribution is 2.22. The Morgan fingerprint density at radius 3 is 2.28 bits per heavy atom. The Balaban J connectivity index is 1.66. The second-order valence-electron chi connectivity index (χ2n) is 8.35. The van der Waals surface area contributed by atoms with E-state index in [0.29, 0.717) is 31.0 Å². The van der Waals surface area contributed by atoms with Crippen molar-refractivity contribution in [3.63, 3.8) is 0 Å². The van der Waals surface area contributed by atoms with Gasteiger partial charge < -0.3 is 20.9 Å². The van der Waals surface area contributed by atoms with Crippen LogP contribution in [-0.4, -0.2) is 67.3 Å². The average Bonchev–Trinajstić information content (AvgIpc) is 2.73. The summed E-state index contributed by atoms with van der Waals surface area (Å²) in [4.78, 5) is 41.3. The maximum Gasteiger partial charge on any atom is 0.238 e. The van der Waals surface area contributed by atoms with Gasteiger partial charge in [0.2, 0.25) is 17.7 Å². The van der Waals surface area contributed by atoms with Crippen LogP contribution in [0.2, 0.25) is 0 Å². The molecule has 1 fully saturated rings. The fraction of sp³-hybridized carbons (Fsp3) is 0.375. The van der Waals surface area contributed by atoms with Gasteiger partial charge in [-0.1, -0.05) is 42.0 Å². The maximum atomic E-state index is 12.8. The Hall–Kier alpha value is -3.23. The van der Waals surface area contributed by atoms with Gasteiger partial charge in [-0.15, -0.1) is 0 Å². The van der Waals surface area contributed by atoms with E-state index in [2.05, 4.69) is 16.0 Å². The molecule has 3 amide bonds. The molecular weight excluding hydrogens is 406 g/mol. The zero-order valence-electron chi connectivity index (χ0n) is 18.9. The summed E-state index contributed by atoms with van der Waals surface area (Å²) in [5.41, 5.74) is 3.31. The number of hydrogen-bond donors (Lipinski definition) is 3. The van der Waals surface area contributed by atoms with Crippen LogP contribution in [0.1, 0.15) is 17.5 Å². The number of benzene rings is 2. The first-order valence-corrected chi connectivity index (χ1v) is 10.7. The van der Waals surface area contributed by atoms with Crippen LogP contribution in [0.25, 0.3) is 0 Å². The molecule has 8 nitrogen and oxygen atoms in total. The molecule has 3 N–H and O–H groups in total. The van der Waals surface area contributed by atoms with Gasteiger partial charge in [-0.3, -0.25) is 19.3 Å². The lowest BCUT2D eigenvalue weighted by atomic mass is 10.1. The van der Waals surface area contributed by atoms with Gasteiger partial charge in [0.15, 0.2) is 0 Å². The molecule has 0 bridgehead atoms. The van der Waals surface area contributed by atoms with Gasteiger partial charge in [0.1, 0.15) is 0 Å². The van der Waals surface area contributed by atoms with E-state index in [1.165, 1.54) is 5.56 Å². The SMILES string of the molecule is Cc1ccc(CN2CCNC(=O)C2CC(=O)Nc2ccccc2NC(=O)CN(C)C)cc1. The summed E-state index contributed by atoms with van der Waals surface area (Å²) in [6, 6.07) is 14.7. The first kappa shape index (κ1) is 23.4. The molecule has 32 heavy (non-hydrogen) atoms. The summed E-state index contributed by atoms with van der Waals surface area (Å²) in [7, 11) is 3.62. The maximum absolute atomic E-state index is 12.8. The quantitative estimate of drug-likeness (QED) is 0.586. The van der Waals surface area contributed by atoms with Crippen LogP contribution in [-0.2, 0) is 20.9 Å². The Labute approximate surface area is 189 Å². The van der Waals surface area contributed by atoms with Crippen LogP contribution in [0.4, 0.5) is 11.4 Å². The Kier molecular flexibility index (Phi) is 7.97. The highest BCUT2D eigenvalue weighted by atomic mass is 16.2. The first-order chi connectivity index (χ1) is 15.3. The topological polar surface area (TPSA) is 93.8 Å². The molecule has 170 valence electrons. The number of amides is 3. The summed E-state index contributed by atoms with van der Waals surface area (Å²) >= 11 is 0. The second kappa shape index (κ2) is 10.9. The van der Waals surface area contributed by atoms with E-state index < -0.39 is 6.04 Å². The number of hydrogen-bond acceptors (Lipinski definition) is 5. The van der Waals surface area contributed by atoms with Crippen LogP contribution in [0.15, 0.2) is 48.5 Å². The lowest BCUT2D eigenvalue weighted by Gasteiger charge is -2.34. The number of carbonyl (C=O) groups is 3. The van der Waals surface area contributed by atoms with Crippen LogP contribution in [0, 0.1) is 6.92 Å². The zero-order chi connectivity index (χ0) is 23.1. The van der Waals surface area contributed by atoms with E-state index >= 15 is 0 Å². The molecule has 0 spiro atoms. The molecule has 1 aliphatic heterocycles. The smallest absolute Gasteiger partial charge is 0.238 e. The minimum atomic E-state index is -0.555. The zero-order valence-corrected chi connectivity index (χ0v) is 18.9. The third-order valence-electron chi connectivity index (χ3n) is 5.26. The van der Waals surface area contributed by atoms with Gasteiger partial charge in [0.25, 0.3) is 0 Å². The van der Waals surface area contributed by atoms with E-state index in [9.17, 15) is 14.4 Å². The fourth-order valence-electron chi connectivity index (χ4n) is 3.66. The van der Waals surface area contributed by atoms with Crippen molar-refractivity contribution in [3.8, 4) is 0 Å². The third kappa shape index (κ3) is 6.63. The number of anilines is 2. The van der Waals surface area contributed by atoms with Gasteiger partial charge >= 0.3 is 0 Å². The number of nitrogens with one attached hydrogen (secondary N) is 3. The lowest BCUT2D eigenvalue weighted by Crippen LogP contribution is -2.55. The Morgan fingerprint density at radius 1 is 1.03 bits per heavy atom. The number of carbonyl (C=O) groups excluding carboxylic acids is 3. The molecular formula is C24H31N5O3. The Morgan fingerprint density at radius 2 is 1.66 bits per heavy atom. The van der Waals surface area contributed by atoms with Crippen molar-refractivity contribution in [2.75, 3.05) is 44.4 Å². The molecule has 0 radical (unpaired) electrons. The summed E-state index contributed by atoms with van der Waals surface area (Å²) in [6.07, 6.45) is 0.0255. The van der Waals surface area contributed by atoms with Crippen molar-refractivity contribution in [1.82, 2.24) is 15.1 Å².